The standard InChI is InChI=1S/C27H40O6/c1-15(6-9-24(31)32-5)19-7-8-20-25-21(14-23(30)27(19,20)4)26(3)11-10-18(33-16(2)28)12-17(26)13-22(25)29/h15,17-21,25H,6-14H2,1-5H3. The first-order valence-corrected chi connectivity index (χ1v) is 12.8. The molecule has 0 heterocycles. The molecule has 9 unspecified atom stereocenters. The topological polar surface area (TPSA) is 86.7 Å². The van der Waals surface area contributed by atoms with Gasteiger partial charge in [-0.3, -0.25) is 19.2 Å². The smallest absolute Gasteiger partial charge is 0.305 e. The average Bonchev–Trinajstić information content (AvgIpc) is 3.11. The summed E-state index contributed by atoms with van der Waals surface area (Å²) < 4.78 is 10.3. The van der Waals surface area contributed by atoms with Gasteiger partial charge in [0, 0.05) is 37.5 Å². The van der Waals surface area contributed by atoms with Crippen LogP contribution < -0.4 is 0 Å². The number of ether oxygens (including phenoxy) is 2. The zero-order valence-electron chi connectivity index (χ0n) is 20.9. The molecule has 33 heavy (non-hydrogen) atoms. The molecule has 6 heteroatoms. The molecule has 0 radical (unpaired) electrons. The molecule has 184 valence electrons. The lowest BCUT2D eigenvalue weighted by Gasteiger charge is -2.59. The Morgan fingerprint density at radius 1 is 1.09 bits per heavy atom. The van der Waals surface area contributed by atoms with Crippen molar-refractivity contribution in [3.05, 3.63) is 0 Å². The fourth-order valence-corrected chi connectivity index (χ4v) is 8.55. The number of esters is 2. The van der Waals surface area contributed by atoms with E-state index in [2.05, 4.69) is 20.8 Å². The summed E-state index contributed by atoms with van der Waals surface area (Å²) in [5, 5.41) is 0. The normalized spacial score (nSPS) is 43.2. The number of hydrogen-bond donors (Lipinski definition) is 0. The molecule has 0 N–H and O–H groups in total. The van der Waals surface area contributed by atoms with Crippen LogP contribution in [0.5, 0.6) is 0 Å². The maximum Gasteiger partial charge on any atom is 0.305 e. The molecule has 4 aliphatic carbocycles. The van der Waals surface area contributed by atoms with Crippen LogP contribution in [0.1, 0.15) is 85.5 Å². The summed E-state index contributed by atoms with van der Waals surface area (Å²) in [6.45, 7) is 7.99. The Bertz CT molecular complexity index is 834. The molecule has 6 nitrogen and oxygen atoms in total. The second kappa shape index (κ2) is 8.81. The van der Waals surface area contributed by atoms with Gasteiger partial charge in [-0.05, 0) is 73.5 Å². The summed E-state index contributed by atoms with van der Waals surface area (Å²) >= 11 is 0. The molecular weight excluding hydrogens is 420 g/mol. The summed E-state index contributed by atoms with van der Waals surface area (Å²) in [5.74, 6) is 0.945. The fraction of sp³-hybridized carbons (Fsp3) is 0.852. The van der Waals surface area contributed by atoms with Crippen molar-refractivity contribution < 1.29 is 28.7 Å². The summed E-state index contributed by atoms with van der Waals surface area (Å²) in [5.41, 5.74) is -0.536. The van der Waals surface area contributed by atoms with E-state index in [1.54, 1.807) is 0 Å². The molecule has 0 spiro atoms. The summed E-state index contributed by atoms with van der Waals surface area (Å²) in [4.78, 5) is 50.6. The molecule has 0 saturated heterocycles. The number of Topliss-reactive ketones (excluding diaryl/α,β-unsaturated/α-hetero) is 2. The minimum absolute atomic E-state index is 0.0444. The second-order valence-corrected chi connectivity index (χ2v) is 11.8. The molecule has 0 aromatic carbocycles. The van der Waals surface area contributed by atoms with Crippen molar-refractivity contribution in [3.8, 4) is 0 Å². The van der Waals surface area contributed by atoms with Gasteiger partial charge in [0.15, 0.2) is 0 Å². The maximum absolute atomic E-state index is 13.8. The molecule has 4 aliphatic rings. The first kappa shape index (κ1) is 24.4. The zero-order valence-corrected chi connectivity index (χ0v) is 20.9. The van der Waals surface area contributed by atoms with Crippen LogP contribution in [-0.2, 0) is 28.7 Å². The number of ketones is 2. The molecule has 0 aromatic rings. The molecular formula is C27H40O6. The average molecular weight is 461 g/mol. The number of carbonyl (C=O) groups excluding carboxylic acids is 4. The minimum Gasteiger partial charge on any atom is -0.469 e. The Kier molecular flexibility index (Phi) is 6.52. The number of rotatable bonds is 5. The lowest BCUT2D eigenvalue weighted by atomic mass is 9.43. The SMILES string of the molecule is COC(=O)CCC(C)C1CCC2C3C(=O)CC4CC(OC(C)=O)CCC4(C)C3CC(=O)C12C. The maximum atomic E-state index is 13.8. The quantitative estimate of drug-likeness (QED) is 0.561. The van der Waals surface area contributed by atoms with Gasteiger partial charge in [0.2, 0.25) is 0 Å². The fourth-order valence-electron chi connectivity index (χ4n) is 8.55. The van der Waals surface area contributed by atoms with Gasteiger partial charge in [0.25, 0.3) is 0 Å². The third-order valence-corrected chi connectivity index (χ3v) is 10.4. The van der Waals surface area contributed by atoms with Crippen LogP contribution in [0.15, 0.2) is 0 Å². The third-order valence-electron chi connectivity index (χ3n) is 10.4. The number of hydrogen-bond acceptors (Lipinski definition) is 6. The molecule has 0 aliphatic heterocycles. The monoisotopic (exact) mass is 460 g/mol. The van der Waals surface area contributed by atoms with E-state index >= 15 is 0 Å². The van der Waals surface area contributed by atoms with Gasteiger partial charge in [0.05, 0.1) is 7.11 Å². The van der Waals surface area contributed by atoms with E-state index in [1.807, 2.05) is 0 Å². The van der Waals surface area contributed by atoms with Gasteiger partial charge < -0.3 is 9.47 Å². The van der Waals surface area contributed by atoms with Gasteiger partial charge in [0.1, 0.15) is 17.7 Å². The Hall–Kier alpha value is -1.72. The minimum atomic E-state index is -0.482. The highest BCUT2D eigenvalue weighted by Gasteiger charge is 2.66. The van der Waals surface area contributed by atoms with Crippen LogP contribution in [-0.4, -0.2) is 36.7 Å². The summed E-state index contributed by atoms with van der Waals surface area (Å²) in [7, 11) is 1.41. The molecule has 9 atom stereocenters. The first-order chi connectivity index (χ1) is 15.5. The molecule has 4 rings (SSSR count). The third kappa shape index (κ3) is 3.95. The zero-order chi connectivity index (χ0) is 24.1. The Morgan fingerprint density at radius 2 is 1.82 bits per heavy atom. The van der Waals surface area contributed by atoms with Gasteiger partial charge in [-0.1, -0.05) is 20.8 Å². The Balaban J connectivity index is 1.56. The van der Waals surface area contributed by atoms with Crippen LogP contribution >= 0.6 is 0 Å². The highest BCUT2D eigenvalue weighted by Crippen LogP contribution is 2.66. The highest BCUT2D eigenvalue weighted by molar-refractivity contribution is 5.92. The van der Waals surface area contributed by atoms with Gasteiger partial charge in [-0.25, -0.2) is 0 Å². The number of carbonyl (C=O) groups is 4. The number of methoxy groups -OCH3 is 1. The Labute approximate surface area is 197 Å². The van der Waals surface area contributed by atoms with Gasteiger partial charge >= 0.3 is 11.9 Å². The van der Waals surface area contributed by atoms with Crippen molar-refractivity contribution in [3.63, 3.8) is 0 Å². The van der Waals surface area contributed by atoms with E-state index in [9.17, 15) is 19.2 Å². The van der Waals surface area contributed by atoms with E-state index in [-0.39, 0.29) is 59.0 Å². The van der Waals surface area contributed by atoms with Crippen molar-refractivity contribution in [2.75, 3.05) is 7.11 Å². The van der Waals surface area contributed by atoms with Crippen LogP contribution in [0.2, 0.25) is 0 Å². The van der Waals surface area contributed by atoms with Crippen LogP contribution in [0, 0.1) is 46.3 Å². The van der Waals surface area contributed by atoms with Gasteiger partial charge in [-0.2, -0.15) is 0 Å². The van der Waals surface area contributed by atoms with Crippen LogP contribution in [0.3, 0.4) is 0 Å². The van der Waals surface area contributed by atoms with E-state index in [0.29, 0.717) is 37.2 Å². The van der Waals surface area contributed by atoms with Crippen molar-refractivity contribution in [1.29, 1.82) is 0 Å². The summed E-state index contributed by atoms with van der Waals surface area (Å²) in [6.07, 6.45) is 6.30. The Morgan fingerprint density at radius 3 is 2.48 bits per heavy atom. The van der Waals surface area contributed by atoms with Crippen molar-refractivity contribution in [2.24, 2.45) is 46.3 Å². The lowest BCUT2D eigenvalue weighted by molar-refractivity contribution is -0.172. The van der Waals surface area contributed by atoms with Crippen LogP contribution in [0.4, 0.5) is 0 Å². The van der Waals surface area contributed by atoms with Crippen molar-refractivity contribution in [1.82, 2.24) is 0 Å². The molecule has 0 bridgehead atoms. The predicted octanol–water partition coefficient (Wildman–Crippen LogP) is 4.52. The van der Waals surface area contributed by atoms with Crippen molar-refractivity contribution in [2.45, 2.75) is 91.6 Å². The first-order valence-electron chi connectivity index (χ1n) is 12.8. The van der Waals surface area contributed by atoms with Crippen LogP contribution in [0.25, 0.3) is 0 Å². The summed E-state index contributed by atoms with van der Waals surface area (Å²) in [6, 6.07) is 0. The highest BCUT2D eigenvalue weighted by atomic mass is 16.5. The van der Waals surface area contributed by atoms with E-state index < -0.39 is 5.41 Å². The largest absolute Gasteiger partial charge is 0.469 e. The number of fused-ring (bicyclic) bond motifs is 5. The molecule has 0 aromatic heterocycles. The van der Waals surface area contributed by atoms with Crippen molar-refractivity contribution >= 4 is 23.5 Å². The van der Waals surface area contributed by atoms with E-state index in [4.69, 9.17) is 9.47 Å². The lowest BCUT2D eigenvalue weighted by Crippen LogP contribution is -2.60. The van der Waals surface area contributed by atoms with Gasteiger partial charge in [-0.15, -0.1) is 0 Å². The molecule has 0 amide bonds. The predicted molar refractivity (Wildman–Crippen MR) is 122 cm³/mol. The second-order valence-electron chi connectivity index (χ2n) is 11.8. The van der Waals surface area contributed by atoms with E-state index in [0.717, 1.165) is 32.1 Å². The molecule has 4 fully saturated rings. The van der Waals surface area contributed by atoms with E-state index in [1.165, 1.54) is 14.0 Å². The molecule has 4 saturated carbocycles.